The Morgan fingerprint density at radius 1 is 1.39 bits per heavy atom. The van der Waals surface area contributed by atoms with Gasteiger partial charge in [0, 0.05) is 24.1 Å². The molecule has 0 saturated heterocycles. The lowest BCUT2D eigenvalue weighted by molar-refractivity contribution is 0.0600. The van der Waals surface area contributed by atoms with Crippen molar-refractivity contribution in [2.45, 2.75) is 24.9 Å². The Morgan fingerprint density at radius 2 is 2.21 bits per heavy atom. The van der Waals surface area contributed by atoms with E-state index in [2.05, 4.69) is 21.5 Å². The van der Waals surface area contributed by atoms with E-state index in [4.69, 9.17) is 0 Å². The van der Waals surface area contributed by atoms with Gasteiger partial charge in [0.15, 0.2) is 5.65 Å². The first kappa shape index (κ1) is 18.3. The van der Waals surface area contributed by atoms with Crippen LogP contribution in [-0.2, 0) is 11.2 Å². The average molecular weight is 383 g/mol. The zero-order valence-corrected chi connectivity index (χ0v) is 15.4. The molecule has 4 rings (SSSR count). The Kier molecular flexibility index (Phi) is 4.45. The average Bonchev–Trinajstić information content (AvgIpc) is 3.14. The molecule has 1 saturated carbocycles. The Bertz CT molecular complexity index is 1080. The van der Waals surface area contributed by atoms with E-state index in [9.17, 15) is 13.6 Å². The minimum absolute atomic E-state index is 0.0825. The van der Waals surface area contributed by atoms with Crippen LogP contribution in [-0.4, -0.2) is 33.3 Å². The van der Waals surface area contributed by atoms with E-state index in [-0.39, 0.29) is 11.5 Å². The standard InChI is InChI=1S/C21H19F2N3O2/c1-3-7-21(23)12-15(21)11-19-25-24-18-10-13(6-8-26(18)19)16-5-4-14(9-17(16)22)20(27)28-2/h3-6,8-10,15H,1,7,11-12H2,2H3. The van der Waals surface area contributed by atoms with Crippen LogP contribution in [0.4, 0.5) is 8.78 Å². The first-order chi connectivity index (χ1) is 13.4. The van der Waals surface area contributed by atoms with E-state index in [1.807, 2.05) is 0 Å². The first-order valence-corrected chi connectivity index (χ1v) is 8.97. The molecule has 1 aliphatic carbocycles. The maximum atomic E-state index is 14.5. The molecule has 2 heterocycles. The number of allylic oxidation sites excluding steroid dienone is 1. The van der Waals surface area contributed by atoms with Gasteiger partial charge >= 0.3 is 5.97 Å². The number of carbonyl (C=O) groups excluding carboxylic acids is 1. The fraction of sp³-hybridized carbons (Fsp3) is 0.286. The minimum atomic E-state index is -1.18. The number of rotatable bonds is 6. The van der Waals surface area contributed by atoms with Crippen LogP contribution in [0.15, 0.2) is 49.2 Å². The first-order valence-electron chi connectivity index (χ1n) is 8.97. The SMILES string of the molecule is C=CCC1(F)CC1Cc1nnc2cc(-c3ccc(C(=O)OC)cc3F)ccn12. The van der Waals surface area contributed by atoms with Gasteiger partial charge in [-0.15, -0.1) is 16.8 Å². The van der Waals surface area contributed by atoms with Crippen LogP contribution in [0.3, 0.4) is 0 Å². The van der Waals surface area contributed by atoms with Gasteiger partial charge in [0.1, 0.15) is 17.3 Å². The maximum Gasteiger partial charge on any atom is 0.337 e. The highest BCUT2D eigenvalue weighted by Crippen LogP contribution is 2.51. The summed E-state index contributed by atoms with van der Waals surface area (Å²) in [6.45, 7) is 3.60. The van der Waals surface area contributed by atoms with Gasteiger partial charge in [0.05, 0.1) is 12.7 Å². The molecule has 3 aromatic rings. The van der Waals surface area contributed by atoms with Crippen LogP contribution in [0.1, 0.15) is 29.0 Å². The molecule has 0 amide bonds. The second-order valence-electron chi connectivity index (χ2n) is 7.08. The molecule has 0 spiro atoms. The lowest BCUT2D eigenvalue weighted by Gasteiger charge is -2.07. The van der Waals surface area contributed by atoms with Gasteiger partial charge < -0.3 is 4.74 Å². The highest BCUT2D eigenvalue weighted by atomic mass is 19.1. The van der Waals surface area contributed by atoms with Crippen LogP contribution < -0.4 is 0 Å². The summed E-state index contributed by atoms with van der Waals surface area (Å²) in [5.74, 6) is -0.530. The van der Waals surface area contributed by atoms with Gasteiger partial charge in [-0.05, 0) is 42.7 Å². The molecule has 1 aromatic carbocycles. The monoisotopic (exact) mass is 383 g/mol. The molecule has 0 bridgehead atoms. The number of benzene rings is 1. The predicted molar refractivity (Wildman–Crippen MR) is 100 cm³/mol. The number of pyridine rings is 1. The molecule has 0 aliphatic heterocycles. The summed E-state index contributed by atoms with van der Waals surface area (Å²) < 4.78 is 35.3. The van der Waals surface area contributed by atoms with Crippen molar-refractivity contribution in [2.75, 3.05) is 7.11 Å². The number of methoxy groups -OCH3 is 1. The number of esters is 1. The second-order valence-corrected chi connectivity index (χ2v) is 7.08. The Balaban J connectivity index is 1.60. The topological polar surface area (TPSA) is 56.5 Å². The van der Waals surface area contributed by atoms with Gasteiger partial charge in [-0.25, -0.2) is 13.6 Å². The minimum Gasteiger partial charge on any atom is -0.465 e. The summed E-state index contributed by atoms with van der Waals surface area (Å²) in [6, 6.07) is 7.65. The number of aromatic nitrogens is 3. The smallest absolute Gasteiger partial charge is 0.337 e. The molecule has 2 atom stereocenters. The van der Waals surface area contributed by atoms with E-state index < -0.39 is 17.5 Å². The summed E-state index contributed by atoms with van der Waals surface area (Å²) in [4.78, 5) is 11.5. The number of ether oxygens (including phenoxy) is 1. The number of halogens is 2. The van der Waals surface area contributed by atoms with Crippen LogP contribution in [0.2, 0.25) is 0 Å². The molecule has 7 heteroatoms. The Labute approximate surface area is 160 Å². The van der Waals surface area contributed by atoms with E-state index >= 15 is 0 Å². The summed E-state index contributed by atoms with van der Waals surface area (Å²) in [5, 5.41) is 8.31. The molecule has 2 aromatic heterocycles. The second kappa shape index (κ2) is 6.82. The fourth-order valence-electron chi connectivity index (χ4n) is 3.56. The van der Waals surface area contributed by atoms with Crippen molar-refractivity contribution in [2.24, 2.45) is 5.92 Å². The van der Waals surface area contributed by atoms with Gasteiger partial charge in [-0.1, -0.05) is 12.1 Å². The van der Waals surface area contributed by atoms with Gasteiger partial charge in [-0.2, -0.15) is 0 Å². The highest BCUT2D eigenvalue weighted by molar-refractivity contribution is 5.90. The van der Waals surface area contributed by atoms with Crippen LogP contribution in [0, 0.1) is 11.7 Å². The fourth-order valence-corrected chi connectivity index (χ4v) is 3.56. The zero-order valence-electron chi connectivity index (χ0n) is 15.4. The normalized spacial score (nSPS) is 20.9. The molecule has 2 unspecified atom stereocenters. The molecular weight excluding hydrogens is 364 g/mol. The number of fused-ring (bicyclic) bond motifs is 1. The number of alkyl halides is 1. The molecular formula is C21H19F2N3O2. The number of nitrogens with zero attached hydrogens (tertiary/aromatic N) is 3. The van der Waals surface area contributed by atoms with Crippen molar-refractivity contribution in [3.05, 3.63) is 66.4 Å². The molecule has 144 valence electrons. The van der Waals surface area contributed by atoms with E-state index in [0.29, 0.717) is 41.9 Å². The van der Waals surface area contributed by atoms with Crippen molar-refractivity contribution in [3.63, 3.8) is 0 Å². The Hall–Kier alpha value is -3.09. The zero-order chi connectivity index (χ0) is 19.9. The molecule has 5 nitrogen and oxygen atoms in total. The van der Waals surface area contributed by atoms with Crippen molar-refractivity contribution in [1.29, 1.82) is 0 Å². The third kappa shape index (κ3) is 3.17. The summed E-state index contributed by atoms with van der Waals surface area (Å²) in [7, 11) is 1.25. The highest BCUT2D eigenvalue weighted by Gasteiger charge is 2.54. The van der Waals surface area contributed by atoms with Crippen molar-refractivity contribution in [3.8, 4) is 11.1 Å². The van der Waals surface area contributed by atoms with E-state index in [1.54, 1.807) is 28.8 Å². The van der Waals surface area contributed by atoms with Gasteiger partial charge in [0.25, 0.3) is 0 Å². The lowest BCUT2D eigenvalue weighted by Crippen LogP contribution is -2.06. The summed E-state index contributed by atoms with van der Waals surface area (Å²) in [5.41, 5.74) is 0.470. The number of hydrogen-bond donors (Lipinski definition) is 0. The molecule has 0 radical (unpaired) electrons. The quantitative estimate of drug-likeness (QED) is 0.474. The molecule has 1 fully saturated rings. The van der Waals surface area contributed by atoms with Crippen molar-refractivity contribution >= 4 is 11.6 Å². The molecule has 28 heavy (non-hydrogen) atoms. The third-order valence-corrected chi connectivity index (χ3v) is 5.25. The lowest BCUT2D eigenvalue weighted by atomic mass is 10.0. The van der Waals surface area contributed by atoms with Gasteiger partial charge in [0.2, 0.25) is 0 Å². The molecule has 0 N–H and O–H groups in total. The number of hydrogen-bond acceptors (Lipinski definition) is 4. The molecule has 1 aliphatic rings. The van der Waals surface area contributed by atoms with Crippen molar-refractivity contribution in [1.82, 2.24) is 14.6 Å². The van der Waals surface area contributed by atoms with Gasteiger partial charge in [-0.3, -0.25) is 4.40 Å². The summed E-state index contributed by atoms with van der Waals surface area (Å²) >= 11 is 0. The van der Waals surface area contributed by atoms with E-state index in [1.165, 1.54) is 19.2 Å². The van der Waals surface area contributed by atoms with Crippen molar-refractivity contribution < 1.29 is 18.3 Å². The maximum absolute atomic E-state index is 14.5. The van der Waals surface area contributed by atoms with Crippen LogP contribution in [0.25, 0.3) is 16.8 Å². The van der Waals surface area contributed by atoms with E-state index in [0.717, 1.165) is 6.07 Å². The summed E-state index contributed by atoms with van der Waals surface area (Å²) in [6.07, 6.45) is 4.70. The largest absolute Gasteiger partial charge is 0.465 e. The van der Waals surface area contributed by atoms with Crippen LogP contribution in [0.5, 0.6) is 0 Å². The predicted octanol–water partition coefficient (Wildman–Crippen LogP) is 4.17. The third-order valence-electron chi connectivity index (χ3n) is 5.25. The number of carbonyl (C=O) groups is 1. The Morgan fingerprint density at radius 3 is 2.93 bits per heavy atom. The van der Waals surface area contributed by atoms with Crippen LogP contribution >= 0.6 is 0 Å².